The van der Waals surface area contributed by atoms with E-state index in [1.54, 1.807) is 42.0 Å². The number of rotatable bonds is 9. The number of furan rings is 1. The molecule has 0 unspecified atom stereocenters. The van der Waals surface area contributed by atoms with Crippen molar-refractivity contribution in [2.24, 2.45) is 16.3 Å². The van der Waals surface area contributed by atoms with Gasteiger partial charge in [0.25, 0.3) is 11.6 Å². The van der Waals surface area contributed by atoms with Crippen molar-refractivity contribution < 1.29 is 18.9 Å². The standard InChI is InChI=1S/C32H33N3O5S/c1-32(2,3)23-12-15-26-28(17-23)41-31(29(26)30(36)33-19-25-8-6-16-39-25)34-18-22-7-4-5-9-27(22)40-20-21-10-13-24(14-11-21)35(37)38/h4-11,13-14,16,18,23H,12,15,17,19-20H2,1-3H3,(H,33,36)/t23-/m1/s1. The second-order valence-corrected chi connectivity index (χ2v) is 12.3. The van der Waals surface area contributed by atoms with Gasteiger partial charge in [0.05, 0.1) is 23.3 Å². The normalized spacial score (nSPS) is 15.0. The van der Waals surface area contributed by atoms with Crippen LogP contribution in [0.5, 0.6) is 5.75 Å². The number of para-hydroxylation sites is 1. The second-order valence-electron chi connectivity index (χ2n) is 11.3. The Hall–Kier alpha value is -4.24. The first-order valence-electron chi connectivity index (χ1n) is 13.6. The van der Waals surface area contributed by atoms with Crippen LogP contribution in [0.25, 0.3) is 0 Å². The molecule has 0 radical (unpaired) electrons. The Kier molecular flexibility index (Phi) is 8.35. The first-order chi connectivity index (χ1) is 19.7. The van der Waals surface area contributed by atoms with Crippen LogP contribution < -0.4 is 10.1 Å². The topological polar surface area (TPSA) is 107 Å². The number of carbonyl (C=O) groups is 1. The molecule has 1 aliphatic rings. The van der Waals surface area contributed by atoms with Gasteiger partial charge in [0.1, 0.15) is 23.1 Å². The third-order valence-corrected chi connectivity index (χ3v) is 8.65. The summed E-state index contributed by atoms with van der Waals surface area (Å²) in [7, 11) is 0. The summed E-state index contributed by atoms with van der Waals surface area (Å²) in [5.74, 6) is 1.72. The molecule has 8 nitrogen and oxygen atoms in total. The van der Waals surface area contributed by atoms with Gasteiger partial charge in [-0.3, -0.25) is 14.9 Å². The number of aliphatic imine (C=N–C) groups is 1. The number of amides is 1. The molecule has 5 rings (SSSR count). The summed E-state index contributed by atoms with van der Waals surface area (Å²) < 4.78 is 11.5. The van der Waals surface area contributed by atoms with Crippen molar-refractivity contribution in [2.75, 3.05) is 0 Å². The van der Waals surface area contributed by atoms with E-state index in [-0.39, 0.29) is 23.6 Å². The van der Waals surface area contributed by atoms with Gasteiger partial charge < -0.3 is 14.5 Å². The molecule has 0 spiro atoms. The maximum absolute atomic E-state index is 13.5. The largest absolute Gasteiger partial charge is 0.488 e. The lowest BCUT2D eigenvalue weighted by Crippen LogP contribution is -2.28. The predicted octanol–water partition coefficient (Wildman–Crippen LogP) is 7.66. The van der Waals surface area contributed by atoms with Crippen LogP contribution in [-0.4, -0.2) is 17.0 Å². The summed E-state index contributed by atoms with van der Waals surface area (Å²) in [5, 5.41) is 14.6. The highest BCUT2D eigenvalue weighted by Gasteiger charge is 2.33. The fraction of sp³-hybridized carbons (Fsp3) is 0.312. The summed E-state index contributed by atoms with van der Waals surface area (Å²) >= 11 is 1.59. The molecular formula is C32H33N3O5S. The summed E-state index contributed by atoms with van der Waals surface area (Å²) in [6.07, 6.45) is 6.16. The van der Waals surface area contributed by atoms with Gasteiger partial charge in [-0.1, -0.05) is 32.9 Å². The number of benzene rings is 2. The predicted molar refractivity (Wildman–Crippen MR) is 160 cm³/mol. The molecule has 1 aliphatic carbocycles. The van der Waals surface area contributed by atoms with Gasteiger partial charge in [-0.15, -0.1) is 11.3 Å². The van der Waals surface area contributed by atoms with E-state index in [0.717, 1.165) is 36.0 Å². The zero-order chi connectivity index (χ0) is 29.0. The van der Waals surface area contributed by atoms with Crippen molar-refractivity contribution >= 4 is 34.1 Å². The highest BCUT2D eigenvalue weighted by molar-refractivity contribution is 7.16. The average molecular weight is 572 g/mol. The second kappa shape index (κ2) is 12.1. The number of nitrogens with one attached hydrogen (secondary N) is 1. The van der Waals surface area contributed by atoms with Crippen molar-refractivity contribution in [3.63, 3.8) is 0 Å². The Labute approximate surface area is 243 Å². The Morgan fingerprint density at radius 3 is 2.66 bits per heavy atom. The molecule has 0 aliphatic heterocycles. The van der Waals surface area contributed by atoms with E-state index in [1.165, 1.54) is 17.0 Å². The van der Waals surface area contributed by atoms with E-state index in [0.29, 0.717) is 34.5 Å². The SMILES string of the molecule is CC(C)(C)[C@@H]1CCc2c(sc(N=Cc3ccccc3OCc3ccc([N+](=O)[O-])cc3)c2C(=O)NCc2ccco2)C1. The fourth-order valence-corrected chi connectivity index (χ4v) is 6.30. The molecule has 41 heavy (non-hydrogen) atoms. The van der Waals surface area contributed by atoms with Gasteiger partial charge in [-0.2, -0.15) is 0 Å². The zero-order valence-corrected chi connectivity index (χ0v) is 24.2. The number of nitro benzene ring substituents is 1. The van der Waals surface area contributed by atoms with Crippen molar-refractivity contribution in [1.82, 2.24) is 5.32 Å². The van der Waals surface area contributed by atoms with E-state index in [4.69, 9.17) is 14.1 Å². The molecule has 0 saturated heterocycles. The van der Waals surface area contributed by atoms with Gasteiger partial charge in [0, 0.05) is 28.8 Å². The molecule has 2 aromatic heterocycles. The van der Waals surface area contributed by atoms with Crippen LogP contribution in [0.15, 0.2) is 76.3 Å². The maximum atomic E-state index is 13.5. The Morgan fingerprint density at radius 1 is 1.17 bits per heavy atom. The van der Waals surface area contributed by atoms with Crippen molar-refractivity contribution in [3.05, 3.63) is 110 Å². The summed E-state index contributed by atoms with van der Waals surface area (Å²) in [4.78, 5) is 30.1. The number of thiophene rings is 1. The lowest BCUT2D eigenvalue weighted by atomic mass is 9.72. The van der Waals surface area contributed by atoms with Gasteiger partial charge in [0.15, 0.2) is 0 Å². The molecule has 212 valence electrons. The van der Waals surface area contributed by atoms with E-state index in [1.807, 2.05) is 30.3 Å². The minimum absolute atomic E-state index is 0.0396. The number of fused-ring (bicyclic) bond motifs is 1. The van der Waals surface area contributed by atoms with Crippen molar-refractivity contribution in [1.29, 1.82) is 0 Å². The third-order valence-electron chi connectivity index (χ3n) is 7.48. The first-order valence-corrected chi connectivity index (χ1v) is 14.4. The summed E-state index contributed by atoms with van der Waals surface area (Å²) in [5.41, 5.74) is 3.56. The van der Waals surface area contributed by atoms with Crippen LogP contribution in [0, 0.1) is 21.4 Å². The van der Waals surface area contributed by atoms with E-state index >= 15 is 0 Å². The number of nitro groups is 1. The van der Waals surface area contributed by atoms with E-state index < -0.39 is 4.92 Å². The quantitative estimate of drug-likeness (QED) is 0.126. The number of hydrogen-bond acceptors (Lipinski definition) is 7. The van der Waals surface area contributed by atoms with Gasteiger partial charge >= 0.3 is 0 Å². The van der Waals surface area contributed by atoms with Crippen LogP contribution >= 0.6 is 11.3 Å². The highest BCUT2D eigenvalue weighted by Crippen LogP contribution is 2.45. The molecule has 0 saturated carbocycles. The summed E-state index contributed by atoms with van der Waals surface area (Å²) in [6.45, 7) is 7.40. The molecule has 2 aromatic carbocycles. The molecule has 1 N–H and O–H groups in total. The van der Waals surface area contributed by atoms with E-state index in [2.05, 4.69) is 26.1 Å². The smallest absolute Gasteiger partial charge is 0.269 e. The van der Waals surface area contributed by atoms with Crippen LogP contribution in [0.4, 0.5) is 10.7 Å². The zero-order valence-electron chi connectivity index (χ0n) is 23.4. The Morgan fingerprint density at radius 2 is 1.95 bits per heavy atom. The number of hydrogen-bond donors (Lipinski definition) is 1. The molecule has 1 atom stereocenters. The van der Waals surface area contributed by atoms with Crippen LogP contribution in [0.1, 0.15) is 64.9 Å². The number of carbonyl (C=O) groups excluding carboxylic acids is 1. The van der Waals surface area contributed by atoms with Gasteiger partial charge in [-0.25, -0.2) is 4.99 Å². The molecule has 0 fully saturated rings. The Balaban J connectivity index is 1.39. The van der Waals surface area contributed by atoms with Crippen LogP contribution in [0.2, 0.25) is 0 Å². The van der Waals surface area contributed by atoms with Crippen LogP contribution in [0.3, 0.4) is 0 Å². The average Bonchev–Trinajstić information content (AvgIpc) is 3.61. The number of non-ortho nitro benzene ring substituents is 1. The van der Waals surface area contributed by atoms with Gasteiger partial charge in [-0.05, 0) is 78.1 Å². The number of nitrogens with zero attached hydrogens (tertiary/aromatic N) is 2. The van der Waals surface area contributed by atoms with Gasteiger partial charge in [0.2, 0.25) is 0 Å². The highest BCUT2D eigenvalue weighted by atomic mass is 32.1. The van der Waals surface area contributed by atoms with Crippen LogP contribution in [-0.2, 0) is 26.0 Å². The maximum Gasteiger partial charge on any atom is 0.269 e. The Bertz CT molecular complexity index is 1550. The molecular weight excluding hydrogens is 538 g/mol. The minimum Gasteiger partial charge on any atom is -0.488 e. The summed E-state index contributed by atoms with van der Waals surface area (Å²) in [6, 6.07) is 17.5. The minimum atomic E-state index is -0.423. The molecule has 0 bridgehead atoms. The lowest BCUT2D eigenvalue weighted by molar-refractivity contribution is -0.384. The fourth-order valence-electron chi connectivity index (χ4n) is 5.03. The third kappa shape index (κ3) is 6.74. The van der Waals surface area contributed by atoms with Crippen molar-refractivity contribution in [2.45, 2.75) is 53.2 Å². The lowest BCUT2D eigenvalue weighted by Gasteiger charge is -2.33. The monoisotopic (exact) mass is 571 g/mol. The number of ether oxygens (including phenoxy) is 1. The molecule has 1 amide bonds. The van der Waals surface area contributed by atoms with E-state index in [9.17, 15) is 14.9 Å². The molecule has 9 heteroatoms. The molecule has 2 heterocycles. The van der Waals surface area contributed by atoms with Crippen molar-refractivity contribution in [3.8, 4) is 5.75 Å². The molecule has 4 aromatic rings. The first kappa shape index (κ1) is 28.3.